The first-order valence-electron chi connectivity index (χ1n) is 5.25. The molecule has 1 atom stereocenters. The maximum absolute atomic E-state index is 12.1. The zero-order valence-corrected chi connectivity index (χ0v) is 9.38. The molecule has 0 fully saturated rings. The fourth-order valence-corrected chi connectivity index (χ4v) is 1.58. The van der Waals surface area contributed by atoms with Crippen LogP contribution in [0.3, 0.4) is 0 Å². The molecule has 0 aliphatic rings. The lowest BCUT2D eigenvalue weighted by molar-refractivity contribution is -0.125. The van der Waals surface area contributed by atoms with Crippen LogP contribution < -0.4 is 5.32 Å². The normalized spacial score (nSPS) is 13.1. The molecule has 92 valence electrons. The van der Waals surface area contributed by atoms with Crippen LogP contribution in [0, 0.1) is 11.3 Å². The highest BCUT2D eigenvalue weighted by Crippen LogP contribution is 2.20. The summed E-state index contributed by atoms with van der Waals surface area (Å²) in [6.45, 7) is 0.736. The molecule has 1 aromatic carbocycles. The maximum atomic E-state index is 12.1. The highest BCUT2D eigenvalue weighted by Gasteiger charge is 2.28. The summed E-state index contributed by atoms with van der Waals surface area (Å²) in [5.74, 6) is 0. The first-order valence-corrected chi connectivity index (χ1v) is 5.25. The second-order valence-electron chi connectivity index (χ2n) is 3.61. The monoisotopic (exact) mass is 242 g/mol. The van der Waals surface area contributed by atoms with E-state index in [-0.39, 0.29) is 0 Å². The highest BCUT2D eigenvalue weighted by atomic mass is 19.4. The fraction of sp³-hybridized carbons (Fsp3) is 0.417. The van der Waals surface area contributed by atoms with E-state index in [9.17, 15) is 13.2 Å². The Morgan fingerprint density at radius 1 is 1.35 bits per heavy atom. The Morgan fingerprint density at radius 3 is 2.53 bits per heavy atom. The Labute approximate surface area is 98.1 Å². The van der Waals surface area contributed by atoms with Crippen LogP contribution in [0.2, 0.25) is 0 Å². The summed E-state index contributed by atoms with van der Waals surface area (Å²) in [7, 11) is 0. The Kier molecular flexibility index (Phi) is 4.53. The van der Waals surface area contributed by atoms with Crippen molar-refractivity contribution < 1.29 is 13.2 Å². The predicted octanol–water partition coefficient (Wildman–Crippen LogP) is 2.97. The van der Waals surface area contributed by atoms with E-state index < -0.39 is 18.8 Å². The van der Waals surface area contributed by atoms with Crippen molar-refractivity contribution >= 4 is 0 Å². The van der Waals surface area contributed by atoms with Crippen LogP contribution in [0.15, 0.2) is 24.3 Å². The van der Waals surface area contributed by atoms with Crippen molar-refractivity contribution in [1.29, 1.82) is 5.26 Å². The molecule has 2 nitrogen and oxygen atoms in total. The molecular formula is C12H13F3N2. The minimum atomic E-state index is -4.31. The molecule has 1 unspecified atom stereocenters. The first kappa shape index (κ1) is 13.5. The van der Waals surface area contributed by atoms with E-state index >= 15 is 0 Å². The summed E-state index contributed by atoms with van der Waals surface area (Å²) in [4.78, 5) is 0. The molecule has 0 amide bonds. The molecule has 0 heterocycles. The summed E-state index contributed by atoms with van der Waals surface area (Å²) in [6.07, 6.45) is -3.63. The molecule has 1 aromatic rings. The number of alkyl halides is 3. The van der Waals surface area contributed by atoms with Crippen LogP contribution in [0.4, 0.5) is 13.2 Å². The van der Waals surface area contributed by atoms with Crippen LogP contribution in [-0.2, 0) is 6.42 Å². The maximum Gasteiger partial charge on any atom is 0.401 e. The van der Waals surface area contributed by atoms with Gasteiger partial charge in [0.05, 0.1) is 12.6 Å². The van der Waals surface area contributed by atoms with Crippen LogP contribution in [-0.4, -0.2) is 12.7 Å². The molecular weight excluding hydrogens is 229 g/mol. The fourth-order valence-electron chi connectivity index (χ4n) is 1.58. The number of nitriles is 1. The Balaban J connectivity index is 2.84. The van der Waals surface area contributed by atoms with E-state index in [1.165, 1.54) is 0 Å². The average molecular weight is 242 g/mol. The number of nitrogens with zero attached hydrogens (tertiary/aromatic N) is 1. The van der Waals surface area contributed by atoms with E-state index in [1.807, 2.05) is 19.1 Å². The van der Waals surface area contributed by atoms with Crippen molar-refractivity contribution in [2.24, 2.45) is 0 Å². The van der Waals surface area contributed by atoms with Gasteiger partial charge in [0.1, 0.15) is 6.04 Å². The summed E-state index contributed by atoms with van der Waals surface area (Å²) >= 11 is 0. The van der Waals surface area contributed by atoms with Gasteiger partial charge < -0.3 is 0 Å². The topological polar surface area (TPSA) is 35.8 Å². The molecule has 0 radical (unpaired) electrons. The molecule has 1 rings (SSSR count). The van der Waals surface area contributed by atoms with Gasteiger partial charge in [-0.1, -0.05) is 31.2 Å². The molecule has 0 bridgehead atoms. The second-order valence-corrected chi connectivity index (χ2v) is 3.61. The minimum absolute atomic E-state index is 0.613. The summed E-state index contributed by atoms with van der Waals surface area (Å²) in [5.41, 5.74) is 1.50. The number of benzene rings is 1. The van der Waals surface area contributed by atoms with E-state index in [0.717, 1.165) is 5.56 Å². The van der Waals surface area contributed by atoms with E-state index in [4.69, 9.17) is 5.26 Å². The lowest BCUT2D eigenvalue weighted by atomic mass is 9.99. The SMILES string of the molecule is CCc1ccccc1C(C#N)NCC(F)(F)F. The summed E-state index contributed by atoms with van der Waals surface area (Å²) in [5, 5.41) is 11.1. The van der Waals surface area contributed by atoms with Crippen molar-refractivity contribution in [3.05, 3.63) is 35.4 Å². The zero-order chi connectivity index (χ0) is 12.9. The van der Waals surface area contributed by atoms with Gasteiger partial charge in [-0.3, -0.25) is 5.32 Å². The molecule has 5 heteroatoms. The van der Waals surface area contributed by atoms with Crippen molar-refractivity contribution in [2.75, 3.05) is 6.54 Å². The van der Waals surface area contributed by atoms with Gasteiger partial charge in [-0.2, -0.15) is 18.4 Å². The molecule has 0 aromatic heterocycles. The number of nitrogens with one attached hydrogen (secondary N) is 1. The minimum Gasteiger partial charge on any atom is -0.290 e. The number of hydrogen-bond acceptors (Lipinski definition) is 2. The van der Waals surface area contributed by atoms with Gasteiger partial charge in [0.25, 0.3) is 0 Å². The van der Waals surface area contributed by atoms with Gasteiger partial charge in [-0.05, 0) is 17.5 Å². The number of rotatable bonds is 4. The largest absolute Gasteiger partial charge is 0.401 e. The number of halogens is 3. The quantitative estimate of drug-likeness (QED) is 0.881. The van der Waals surface area contributed by atoms with Gasteiger partial charge >= 0.3 is 6.18 Å². The molecule has 1 N–H and O–H groups in total. The standard InChI is InChI=1S/C12H13F3N2/c1-2-9-5-3-4-6-10(9)11(7-16)17-8-12(13,14)15/h3-6,11,17H,2,8H2,1H3. The molecule has 0 spiro atoms. The first-order chi connectivity index (χ1) is 7.98. The van der Waals surface area contributed by atoms with Crippen LogP contribution in [0.5, 0.6) is 0 Å². The van der Waals surface area contributed by atoms with E-state index in [0.29, 0.717) is 12.0 Å². The van der Waals surface area contributed by atoms with Gasteiger partial charge in [0.15, 0.2) is 0 Å². The van der Waals surface area contributed by atoms with Crippen LogP contribution >= 0.6 is 0 Å². The molecule has 0 aliphatic carbocycles. The number of aryl methyl sites for hydroxylation is 1. The highest BCUT2D eigenvalue weighted by molar-refractivity contribution is 5.33. The van der Waals surface area contributed by atoms with Crippen molar-refractivity contribution in [2.45, 2.75) is 25.6 Å². The van der Waals surface area contributed by atoms with Crippen LogP contribution in [0.1, 0.15) is 24.1 Å². The average Bonchev–Trinajstić information content (AvgIpc) is 2.29. The molecule has 0 saturated heterocycles. The third kappa shape index (κ3) is 4.08. The Morgan fingerprint density at radius 2 is 2.00 bits per heavy atom. The third-order valence-corrected chi connectivity index (χ3v) is 2.38. The molecule has 0 aliphatic heterocycles. The van der Waals surface area contributed by atoms with Crippen molar-refractivity contribution in [3.8, 4) is 6.07 Å². The zero-order valence-electron chi connectivity index (χ0n) is 9.38. The molecule has 17 heavy (non-hydrogen) atoms. The van der Waals surface area contributed by atoms with Gasteiger partial charge in [-0.25, -0.2) is 0 Å². The summed E-state index contributed by atoms with van der Waals surface area (Å²) < 4.78 is 36.2. The van der Waals surface area contributed by atoms with E-state index in [2.05, 4.69) is 5.32 Å². The number of hydrogen-bond donors (Lipinski definition) is 1. The van der Waals surface area contributed by atoms with Gasteiger partial charge in [-0.15, -0.1) is 0 Å². The lowest BCUT2D eigenvalue weighted by Crippen LogP contribution is -2.31. The van der Waals surface area contributed by atoms with E-state index in [1.54, 1.807) is 18.2 Å². The van der Waals surface area contributed by atoms with Crippen molar-refractivity contribution in [3.63, 3.8) is 0 Å². The lowest BCUT2D eigenvalue weighted by Gasteiger charge is -2.16. The summed E-state index contributed by atoms with van der Waals surface area (Å²) in [6, 6.07) is 7.94. The van der Waals surface area contributed by atoms with Crippen LogP contribution in [0.25, 0.3) is 0 Å². The molecule has 0 saturated carbocycles. The second kappa shape index (κ2) is 5.69. The van der Waals surface area contributed by atoms with Crippen molar-refractivity contribution in [1.82, 2.24) is 5.32 Å². The Bertz CT molecular complexity index is 407. The smallest absolute Gasteiger partial charge is 0.290 e. The van der Waals surface area contributed by atoms with Gasteiger partial charge in [0.2, 0.25) is 0 Å². The predicted molar refractivity (Wildman–Crippen MR) is 58.2 cm³/mol. The van der Waals surface area contributed by atoms with Gasteiger partial charge in [0, 0.05) is 0 Å². The Hall–Kier alpha value is -1.54. The third-order valence-electron chi connectivity index (χ3n) is 2.38.